The van der Waals surface area contributed by atoms with E-state index in [-0.39, 0.29) is 17.9 Å². The molecule has 7 heteroatoms. The molecular formula is C15H19N3O4. The number of rotatable bonds is 5. The minimum Gasteiger partial charge on any atom is -0.481 e. The van der Waals surface area contributed by atoms with Crippen LogP contribution in [0.1, 0.15) is 35.2 Å². The third kappa shape index (κ3) is 4.21. The van der Waals surface area contributed by atoms with Gasteiger partial charge in [-0.25, -0.2) is 4.79 Å². The van der Waals surface area contributed by atoms with E-state index in [1.165, 1.54) is 0 Å². The molecule has 0 bridgehead atoms. The fourth-order valence-electron chi connectivity index (χ4n) is 2.57. The molecule has 0 saturated heterocycles. The number of carbonyl (C=O) groups is 3. The Kier molecular flexibility index (Phi) is 4.98. The van der Waals surface area contributed by atoms with Crippen molar-refractivity contribution in [3.8, 4) is 0 Å². The normalized spacial score (nSPS) is 20.4. The largest absolute Gasteiger partial charge is 0.481 e. The van der Waals surface area contributed by atoms with E-state index in [0.29, 0.717) is 31.4 Å². The Balaban J connectivity index is 1.87. The van der Waals surface area contributed by atoms with Gasteiger partial charge in [0.05, 0.1) is 5.92 Å². The van der Waals surface area contributed by atoms with Gasteiger partial charge in [-0.1, -0.05) is 12.1 Å². The number of amides is 3. The van der Waals surface area contributed by atoms with E-state index in [4.69, 9.17) is 10.8 Å². The fourth-order valence-corrected chi connectivity index (χ4v) is 2.57. The summed E-state index contributed by atoms with van der Waals surface area (Å²) in [4.78, 5) is 33.6. The number of nitrogens with two attached hydrogens (primary N) is 1. The molecule has 1 saturated carbocycles. The summed E-state index contributed by atoms with van der Waals surface area (Å²) < 4.78 is 0. The molecule has 5 N–H and O–H groups in total. The molecule has 2 rings (SSSR count). The van der Waals surface area contributed by atoms with Gasteiger partial charge in [-0.15, -0.1) is 0 Å². The number of carbonyl (C=O) groups excluding carboxylic acids is 2. The van der Waals surface area contributed by atoms with Crippen molar-refractivity contribution in [2.24, 2.45) is 11.7 Å². The summed E-state index contributed by atoms with van der Waals surface area (Å²) in [6.45, 7) is 0.306. The van der Waals surface area contributed by atoms with E-state index in [2.05, 4.69) is 10.6 Å². The Bertz CT molecular complexity index is 571. The highest BCUT2D eigenvalue weighted by Gasteiger charge is 2.30. The van der Waals surface area contributed by atoms with Crippen LogP contribution in [0.2, 0.25) is 0 Å². The molecule has 1 fully saturated rings. The lowest BCUT2D eigenvalue weighted by molar-refractivity contribution is -0.141. The van der Waals surface area contributed by atoms with Crippen LogP contribution in [0.5, 0.6) is 0 Å². The van der Waals surface area contributed by atoms with Gasteiger partial charge in [0.25, 0.3) is 5.91 Å². The van der Waals surface area contributed by atoms with Crippen molar-refractivity contribution < 1.29 is 19.5 Å². The van der Waals surface area contributed by atoms with Crippen LogP contribution in [0, 0.1) is 5.92 Å². The first-order valence-corrected chi connectivity index (χ1v) is 7.11. The molecule has 0 aromatic heterocycles. The highest BCUT2D eigenvalue weighted by Crippen LogP contribution is 2.25. The van der Waals surface area contributed by atoms with Crippen molar-refractivity contribution in [2.75, 3.05) is 0 Å². The van der Waals surface area contributed by atoms with Crippen molar-refractivity contribution in [2.45, 2.75) is 31.8 Å². The second-order valence-corrected chi connectivity index (χ2v) is 5.43. The molecule has 118 valence electrons. The van der Waals surface area contributed by atoms with Crippen molar-refractivity contribution >= 4 is 17.9 Å². The molecular weight excluding hydrogens is 286 g/mol. The van der Waals surface area contributed by atoms with Gasteiger partial charge in [0.1, 0.15) is 0 Å². The molecule has 7 nitrogen and oxygen atoms in total. The standard InChI is InChI=1S/C15H19N3O4/c16-15(22)17-8-9-1-3-10(4-2-9)13(19)18-12-6-5-11(7-12)14(20)21/h1-4,11-12H,5-8H2,(H,18,19)(H,20,21)(H3,16,17,22)/t11-,12+/m0/s1. The Morgan fingerprint density at radius 2 is 1.86 bits per heavy atom. The summed E-state index contributed by atoms with van der Waals surface area (Å²) >= 11 is 0. The molecule has 1 aromatic rings. The van der Waals surface area contributed by atoms with E-state index >= 15 is 0 Å². The third-order valence-electron chi connectivity index (χ3n) is 3.80. The number of hydrogen-bond acceptors (Lipinski definition) is 3. The summed E-state index contributed by atoms with van der Waals surface area (Å²) in [7, 11) is 0. The summed E-state index contributed by atoms with van der Waals surface area (Å²) in [5.74, 6) is -1.39. The lowest BCUT2D eigenvalue weighted by Gasteiger charge is -2.12. The van der Waals surface area contributed by atoms with Crippen molar-refractivity contribution in [1.82, 2.24) is 10.6 Å². The Labute approximate surface area is 127 Å². The summed E-state index contributed by atoms with van der Waals surface area (Å²) in [6, 6.07) is 6.10. The predicted octanol–water partition coefficient (Wildman–Crippen LogP) is 0.838. The maximum absolute atomic E-state index is 12.1. The van der Waals surface area contributed by atoms with Gasteiger partial charge < -0.3 is 21.5 Å². The average Bonchev–Trinajstić information content (AvgIpc) is 2.94. The molecule has 22 heavy (non-hydrogen) atoms. The SMILES string of the molecule is NC(=O)NCc1ccc(C(=O)N[C@@H]2CC[C@H](C(=O)O)C2)cc1. The molecule has 0 aliphatic heterocycles. The topological polar surface area (TPSA) is 122 Å². The van der Waals surface area contributed by atoms with E-state index in [0.717, 1.165) is 5.56 Å². The van der Waals surface area contributed by atoms with Gasteiger partial charge in [0, 0.05) is 18.2 Å². The molecule has 0 unspecified atom stereocenters. The molecule has 0 heterocycles. The van der Waals surface area contributed by atoms with Gasteiger partial charge in [0.2, 0.25) is 0 Å². The van der Waals surface area contributed by atoms with Crippen LogP contribution in [0.4, 0.5) is 4.79 Å². The van der Waals surface area contributed by atoms with Crippen LogP contribution in [0.15, 0.2) is 24.3 Å². The average molecular weight is 305 g/mol. The molecule has 0 spiro atoms. The van der Waals surface area contributed by atoms with Crippen molar-refractivity contribution in [3.05, 3.63) is 35.4 Å². The molecule has 1 aliphatic rings. The Morgan fingerprint density at radius 3 is 2.41 bits per heavy atom. The van der Waals surface area contributed by atoms with Crippen LogP contribution < -0.4 is 16.4 Å². The number of nitrogens with one attached hydrogen (secondary N) is 2. The number of hydrogen-bond donors (Lipinski definition) is 4. The summed E-state index contributed by atoms with van der Waals surface area (Å²) in [5, 5.41) is 14.3. The van der Waals surface area contributed by atoms with Crippen LogP contribution in [-0.4, -0.2) is 29.1 Å². The van der Waals surface area contributed by atoms with Crippen LogP contribution in [-0.2, 0) is 11.3 Å². The number of aliphatic carboxylic acids is 1. The Morgan fingerprint density at radius 1 is 1.18 bits per heavy atom. The minimum absolute atomic E-state index is 0.0928. The molecule has 2 atom stereocenters. The fraction of sp³-hybridized carbons (Fsp3) is 0.400. The van der Waals surface area contributed by atoms with Gasteiger partial charge >= 0.3 is 12.0 Å². The third-order valence-corrected chi connectivity index (χ3v) is 3.80. The highest BCUT2D eigenvalue weighted by molar-refractivity contribution is 5.94. The molecule has 1 aromatic carbocycles. The second kappa shape index (κ2) is 6.93. The smallest absolute Gasteiger partial charge is 0.312 e. The lowest BCUT2D eigenvalue weighted by atomic mass is 10.1. The second-order valence-electron chi connectivity index (χ2n) is 5.43. The number of urea groups is 1. The Hall–Kier alpha value is -2.57. The maximum Gasteiger partial charge on any atom is 0.312 e. The molecule has 3 amide bonds. The zero-order valence-corrected chi connectivity index (χ0v) is 12.0. The van der Waals surface area contributed by atoms with E-state index in [1.54, 1.807) is 24.3 Å². The minimum atomic E-state index is -0.803. The monoisotopic (exact) mass is 305 g/mol. The van der Waals surface area contributed by atoms with Gasteiger partial charge in [0.15, 0.2) is 0 Å². The number of carboxylic acids is 1. The van der Waals surface area contributed by atoms with Gasteiger partial charge in [-0.2, -0.15) is 0 Å². The molecule has 0 radical (unpaired) electrons. The summed E-state index contributed by atoms with van der Waals surface area (Å²) in [6.07, 6.45) is 1.75. The van der Waals surface area contributed by atoms with Gasteiger partial charge in [-0.05, 0) is 37.0 Å². The predicted molar refractivity (Wildman–Crippen MR) is 79.1 cm³/mol. The first-order chi connectivity index (χ1) is 10.5. The zero-order valence-electron chi connectivity index (χ0n) is 12.0. The molecule has 1 aliphatic carbocycles. The van der Waals surface area contributed by atoms with Crippen LogP contribution >= 0.6 is 0 Å². The summed E-state index contributed by atoms with van der Waals surface area (Å²) in [5.41, 5.74) is 6.32. The van der Waals surface area contributed by atoms with Crippen molar-refractivity contribution in [1.29, 1.82) is 0 Å². The highest BCUT2D eigenvalue weighted by atomic mass is 16.4. The number of primary amides is 1. The quantitative estimate of drug-likeness (QED) is 0.644. The van der Waals surface area contributed by atoms with E-state index in [9.17, 15) is 14.4 Å². The van der Waals surface area contributed by atoms with Crippen molar-refractivity contribution in [3.63, 3.8) is 0 Å². The van der Waals surface area contributed by atoms with Crippen LogP contribution in [0.3, 0.4) is 0 Å². The first-order valence-electron chi connectivity index (χ1n) is 7.11. The van der Waals surface area contributed by atoms with Gasteiger partial charge in [-0.3, -0.25) is 9.59 Å². The number of benzene rings is 1. The van der Waals surface area contributed by atoms with E-state index < -0.39 is 12.0 Å². The van der Waals surface area contributed by atoms with E-state index in [1.807, 2.05) is 0 Å². The first kappa shape index (κ1) is 15.8. The lowest BCUT2D eigenvalue weighted by Crippen LogP contribution is -2.33. The maximum atomic E-state index is 12.1. The zero-order chi connectivity index (χ0) is 16.1. The van der Waals surface area contributed by atoms with Crippen LogP contribution in [0.25, 0.3) is 0 Å². The number of carboxylic acid groups (broad SMARTS) is 1.